The van der Waals surface area contributed by atoms with Gasteiger partial charge in [0.15, 0.2) is 0 Å². The summed E-state index contributed by atoms with van der Waals surface area (Å²) < 4.78 is 20.9. The van der Waals surface area contributed by atoms with Crippen molar-refractivity contribution in [3.05, 3.63) is 71.8 Å². The number of hydrogen-bond acceptors (Lipinski definition) is 2. The van der Waals surface area contributed by atoms with Gasteiger partial charge in [-0.2, -0.15) is 27.0 Å². The molecule has 0 heterocycles. The standard InChI is InChI=1S/C10H14O.C10H12O.2H2S/c2*1-9(7-8-11)10-5-3-2-4-6-10;;/h2-6,9,11H,7-8H2,1H3;2-6,8-9H,7H2,1H3;2*1H2/t2*9-;;/m00../s1/i8D2;8D;;. The van der Waals surface area contributed by atoms with E-state index in [0.717, 1.165) is 11.1 Å². The van der Waals surface area contributed by atoms with Crippen molar-refractivity contribution in [3.8, 4) is 0 Å². The number of carbonyl (C=O) groups is 1. The molecule has 2 nitrogen and oxygen atoms in total. The number of benzene rings is 2. The van der Waals surface area contributed by atoms with Crippen molar-refractivity contribution in [2.24, 2.45) is 0 Å². The summed E-state index contributed by atoms with van der Waals surface area (Å²) in [5.74, 6) is 0.206. The Kier molecular flexibility index (Phi) is 12.2. The highest BCUT2D eigenvalue weighted by Crippen LogP contribution is 2.17. The monoisotopic (exact) mass is 369 g/mol. The first-order valence-corrected chi connectivity index (χ1v) is 7.50. The van der Waals surface area contributed by atoms with E-state index in [4.69, 9.17) is 9.22 Å². The van der Waals surface area contributed by atoms with E-state index in [1.807, 2.05) is 74.5 Å². The minimum atomic E-state index is -2.07. The lowest BCUT2D eigenvalue weighted by Gasteiger charge is -2.08. The Balaban J connectivity index is 0. The highest BCUT2D eigenvalue weighted by atomic mass is 32.1. The summed E-state index contributed by atoms with van der Waals surface area (Å²) in [5.41, 5.74) is 2.18. The topological polar surface area (TPSA) is 37.3 Å². The van der Waals surface area contributed by atoms with Crippen LogP contribution in [0.1, 0.15) is 53.8 Å². The smallest absolute Gasteiger partial charge is 0.120 e. The SMILES string of the molecule is S.S.[2H]C(=O)C[C@H](C)c1ccccc1.[2H]C([2H])(O)C[C@H](C)c1ccccc1. The molecule has 0 aromatic heterocycles. The van der Waals surface area contributed by atoms with Crippen LogP contribution in [0, 0.1) is 0 Å². The number of rotatable bonds is 6. The van der Waals surface area contributed by atoms with Crippen LogP contribution >= 0.6 is 27.0 Å². The summed E-state index contributed by atoms with van der Waals surface area (Å²) in [6, 6.07) is 19.4. The lowest BCUT2D eigenvalue weighted by atomic mass is 9.99. The Morgan fingerprint density at radius 2 is 1.38 bits per heavy atom. The summed E-state index contributed by atoms with van der Waals surface area (Å²) in [7, 11) is 0. The molecular formula is C20H30O2S2. The van der Waals surface area contributed by atoms with Gasteiger partial charge in [0.1, 0.15) is 7.63 Å². The van der Waals surface area contributed by atoms with E-state index in [0.29, 0.717) is 6.42 Å². The van der Waals surface area contributed by atoms with E-state index < -0.39 is 12.8 Å². The van der Waals surface area contributed by atoms with Crippen LogP contribution in [0.3, 0.4) is 0 Å². The Morgan fingerprint density at radius 3 is 1.75 bits per heavy atom. The molecule has 0 fully saturated rings. The molecule has 0 aliphatic carbocycles. The van der Waals surface area contributed by atoms with E-state index in [-0.39, 0.29) is 45.2 Å². The van der Waals surface area contributed by atoms with Crippen LogP contribution in [0.4, 0.5) is 0 Å². The van der Waals surface area contributed by atoms with Gasteiger partial charge < -0.3 is 9.90 Å². The summed E-state index contributed by atoms with van der Waals surface area (Å²) in [4.78, 5) is 10.5. The first kappa shape index (κ1) is 19.1. The second-order valence-corrected chi connectivity index (χ2v) is 5.33. The molecular weight excluding hydrogens is 336 g/mol. The van der Waals surface area contributed by atoms with Gasteiger partial charge in [-0.1, -0.05) is 74.5 Å². The molecule has 0 saturated carbocycles. The van der Waals surface area contributed by atoms with Crippen molar-refractivity contribution < 1.29 is 14.0 Å². The predicted octanol–water partition coefficient (Wildman–Crippen LogP) is 4.78. The molecule has 134 valence electrons. The van der Waals surface area contributed by atoms with Gasteiger partial charge in [-0.3, -0.25) is 0 Å². The number of aldehydes is 1. The van der Waals surface area contributed by atoms with Gasteiger partial charge in [0.2, 0.25) is 0 Å². The summed E-state index contributed by atoms with van der Waals surface area (Å²) in [6.45, 7) is 1.79. The highest BCUT2D eigenvalue weighted by molar-refractivity contribution is 7.59. The lowest BCUT2D eigenvalue weighted by molar-refractivity contribution is -0.108. The average Bonchev–Trinajstić information content (AvgIpc) is 2.55. The van der Waals surface area contributed by atoms with E-state index in [1.54, 1.807) is 0 Å². The highest BCUT2D eigenvalue weighted by Gasteiger charge is 2.02. The molecule has 1 N–H and O–H groups in total. The fourth-order valence-corrected chi connectivity index (χ4v) is 2.06. The van der Waals surface area contributed by atoms with Crippen LogP contribution in [0.15, 0.2) is 60.7 Å². The van der Waals surface area contributed by atoms with Crippen LogP contribution in [0.25, 0.3) is 0 Å². The van der Waals surface area contributed by atoms with Gasteiger partial charge in [0, 0.05) is 13.0 Å². The van der Waals surface area contributed by atoms with Crippen molar-refractivity contribution in [2.75, 3.05) is 6.56 Å². The quantitative estimate of drug-likeness (QED) is 0.744. The second kappa shape index (κ2) is 15.3. The molecule has 2 aromatic rings. The summed E-state index contributed by atoms with van der Waals surface area (Å²) in [6.07, 6.45) is -0.0487. The van der Waals surface area contributed by atoms with Gasteiger partial charge in [0.25, 0.3) is 0 Å². The predicted molar refractivity (Wildman–Crippen MR) is 113 cm³/mol. The maximum atomic E-state index is 10.5. The van der Waals surface area contributed by atoms with Gasteiger partial charge in [0.05, 0.1) is 2.74 Å². The number of aliphatic hydroxyl groups is 1. The van der Waals surface area contributed by atoms with Crippen LogP contribution in [0.5, 0.6) is 0 Å². The number of carbonyl (C=O) groups excluding carboxylic acids is 1. The van der Waals surface area contributed by atoms with Gasteiger partial charge in [-0.05, 0) is 29.4 Å². The fraction of sp³-hybridized carbons (Fsp3) is 0.350. The maximum Gasteiger partial charge on any atom is 0.120 e. The van der Waals surface area contributed by atoms with Crippen molar-refractivity contribution in [2.45, 2.75) is 38.5 Å². The fourth-order valence-electron chi connectivity index (χ4n) is 2.06. The second-order valence-electron chi connectivity index (χ2n) is 5.33. The zero-order valence-corrected chi connectivity index (χ0v) is 16.2. The van der Waals surface area contributed by atoms with E-state index in [2.05, 4.69) is 0 Å². The minimum absolute atomic E-state index is 0. The number of hydrogen-bond donors (Lipinski definition) is 1. The third-order valence-corrected chi connectivity index (χ3v) is 3.52. The van der Waals surface area contributed by atoms with Crippen molar-refractivity contribution >= 4 is 33.3 Å². The Hall–Kier alpha value is -1.23. The molecule has 2 rings (SSSR count). The first-order valence-electron chi connectivity index (χ1n) is 9.00. The zero-order chi connectivity index (χ0) is 18.9. The molecule has 0 unspecified atom stereocenters. The van der Waals surface area contributed by atoms with Gasteiger partial charge >= 0.3 is 0 Å². The molecule has 4 heteroatoms. The third kappa shape index (κ3) is 9.81. The van der Waals surface area contributed by atoms with Crippen molar-refractivity contribution in [1.29, 1.82) is 0 Å². The summed E-state index contributed by atoms with van der Waals surface area (Å²) >= 11 is 0. The Labute approximate surface area is 164 Å². The van der Waals surface area contributed by atoms with Crippen LogP contribution < -0.4 is 0 Å². The van der Waals surface area contributed by atoms with Gasteiger partial charge in [-0.25, -0.2) is 0 Å². The molecule has 2 aromatic carbocycles. The largest absolute Gasteiger partial charge is 0.396 e. The van der Waals surface area contributed by atoms with Crippen LogP contribution in [0.2, 0.25) is 0 Å². The Bertz CT molecular complexity index is 635. The molecule has 24 heavy (non-hydrogen) atoms. The van der Waals surface area contributed by atoms with Crippen LogP contribution in [-0.4, -0.2) is 17.9 Å². The normalized spacial score (nSPS) is 14.0. The molecule has 0 radical (unpaired) electrons. The molecule has 2 atom stereocenters. The molecule has 0 amide bonds. The Morgan fingerprint density at radius 1 is 0.958 bits per heavy atom. The van der Waals surface area contributed by atoms with E-state index in [9.17, 15) is 4.79 Å². The van der Waals surface area contributed by atoms with Crippen molar-refractivity contribution in [1.82, 2.24) is 0 Å². The molecule has 0 spiro atoms. The first-order chi connectivity index (χ1) is 11.7. The van der Waals surface area contributed by atoms with Gasteiger partial charge in [-0.15, -0.1) is 0 Å². The van der Waals surface area contributed by atoms with E-state index in [1.165, 1.54) is 0 Å². The zero-order valence-electron chi connectivity index (χ0n) is 17.2. The molecule has 0 bridgehead atoms. The molecule has 0 aliphatic rings. The third-order valence-electron chi connectivity index (χ3n) is 3.52. The average molecular weight is 370 g/mol. The molecule has 0 saturated heterocycles. The van der Waals surface area contributed by atoms with Crippen molar-refractivity contribution in [3.63, 3.8) is 0 Å². The van der Waals surface area contributed by atoms with Crippen LogP contribution in [-0.2, 0) is 4.79 Å². The lowest BCUT2D eigenvalue weighted by Crippen LogP contribution is -1.95. The van der Waals surface area contributed by atoms with E-state index >= 15 is 0 Å². The molecule has 0 aliphatic heterocycles. The minimum Gasteiger partial charge on any atom is -0.396 e. The maximum absolute atomic E-state index is 10.5. The summed E-state index contributed by atoms with van der Waals surface area (Å²) in [5, 5.41) is 8.98.